The largest absolute Gasteiger partial charge is 0.305 e. The Morgan fingerprint density at radius 1 is 1.17 bits per heavy atom. The topological polar surface area (TPSA) is 46.9 Å². The molecule has 3 rings (SSSR count). The van der Waals surface area contributed by atoms with E-state index in [2.05, 4.69) is 10.4 Å². The van der Waals surface area contributed by atoms with E-state index in [1.807, 2.05) is 62.5 Å². The molecule has 122 valence electrons. The minimum atomic E-state index is -0.149. The lowest BCUT2D eigenvalue weighted by molar-refractivity contribution is 0.102. The molecule has 5 heteroatoms. The van der Waals surface area contributed by atoms with Crippen LogP contribution in [-0.2, 0) is 6.54 Å². The maximum Gasteiger partial charge on any atom is 0.257 e. The van der Waals surface area contributed by atoms with Crippen LogP contribution < -0.4 is 5.32 Å². The second kappa shape index (κ2) is 6.89. The number of nitrogens with zero attached hydrogens (tertiary/aromatic N) is 2. The van der Waals surface area contributed by atoms with Gasteiger partial charge in [0.1, 0.15) is 0 Å². The smallest absolute Gasteiger partial charge is 0.257 e. The summed E-state index contributed by atoms with van der Waals surface area (Å²) in [5.74, 6) is 0.382. The first-order chi connectivity index (χ1) is 11.5. The third-order valence-electron chi connectivity index (χ3n) is 3.75. The fourth-order valence-electron chi connectivity index (χ4n) is 2.50. The summed E-state index contributed by atoms with van der Waals surface area (Å²) in [5, 5.41) is 7.94. The Hall–Kier alpha value is -2.59. The number of carbonyl (C=O) groups excluding carboxylic acids is 1. The predicted molar refractivity (Wildman–Crippen MR) is 96.7 cm³/mol. The molecule has 2 aromatic carbocycles. The maximum absolute atomic E-state index is 12.4. The van der Waals surface area contributed by atoms with Gasteiger partial charge in [-0.1, -0.05) is 41.4 Å². The minimum absolute atomic E-state index is 0.149. The Balaban J connectivity index is 1.72. The molecule has 1 aromatic heterocycles. The monoisotopic (exact) mass is 339 g/mol. The SMILES string of the molecule is Cc1ccc(C)c(C(=O)Nc2ccn(Cc3cccc(Cl)c3)n2)c1. The average Bonchev–Trinajstić information content (AvgIpc) is 2.96. The third kappa shape index (κ3) is 3.84. The molecule has 0 aliphatic rings. The van der Waals surface area contributed by atoms with Gasteiger partial charge in [0.2, 0.25) is 0 Å². The number of hydrogen-bond donors (Lipinski definition) is 1. The number of aryl methyl sites for hydroxylation is 2. The highest BCUT2D eigenvalue weighted by atomic mass is 35.5. The summed E-state index contributed by atoms with van der Waals surface area (Å²) in [6.07, 6.45) is 1.83. The van der Waals surface area contributed by atoms with Gasteiger partial charge in [-0.25, -0.2) is 0 Å². The van der Waals surface area contributed by atoms with Crippen molar-refractivity contribution in [1.29, 1.82) is 0 Å². The summed E-state index contributed by atoms with van der Waals surface area (Å²) in [6.45, 7) is 4.49. The fraction of sp³-hybridized carbons (Fsp3) is 0.158. The normalized spacial score (nSPS) is 10.6. The van der Waals surface area contributed by atoms with Crippen LogP contribution in [0.15, 0.2) is 54.7 Å². The summed E-state index contributed by atoms with van der Waals surface area (Å²) in [5.41, 5.74) is 3.71. The molecule has 3 aromatic rings. The van der Waals surface area contributed by atoms with E-state index in [1.54, 1.807) is 10.7 Å². The number of carbonyl (C=O) groups is 1. The van der Waals surface area contributed by atoms with E-state index in [-0.39, 0.29) is 5.91 Å². The van der Waals surface area contributed by atoms with Crippen molar-refractivity contribution < 1.29 is 4.79 Å². The quantitative estimate of drug-likeness (QED) is 0.763. The maximum atomic E-state index is 12.4. The highest BCUT2D eigenvalue weighted by molar-refractivity contribution is 6.30. The second-order valence-corrected chi connectivity index (χ2v) is 6.24. The molecule has 24 heavy (non-hydrogen) atoms. The molecule has 0 fully saturated rings. The van der Waals surface area contributed by atoms with Crippen LogP contribution in [0.2, 0.25) is 5.02 Å². The molecule has 0 saturated carbocycles. The molecule has 1 N–H and O–H groups in total. The van der Waals surface area contributed by atoms with Crippen molar-refractivity contribution in [2.45, 2.75) is 20.4 Å². The standard InChI is InChI=1S/C19H18ClN3O/c1-13-6-7-14(2)17(10-13)19(24)21-18-8-9-23(22-18)12-15-4-3-5-16(20)11-15/h3-11H,12H2,1-2H3,(H,21,22,24). The van der Waals surface area contributed by atoms with Gasteiger partial charge in [0.25, 0.3) is 5.91 Å². The van der Waals surface area contributed by atoms with E-state index in [9.17, 15) is 4.79 Å². The molecular formula is C19H18ClN3O. The Labute approximate surface area is 146 Å². The molecule has 0 aliphatic heterocycles. The predicted octanol–water partition coefficient (Wildman–Crippen LogP) is 4.45. The van der Waals surface area contributed by atoms with E-state index in [4.69, 9.17) is 11.6 Å². The number of nitrogens with one attached hydrogen (secondary N) is 1. The Bertz CT molecular complexity index is 886. The van der Waals surface area contributed by atoms with Crippen LogP contribution in [0.3, 0.4) is 0 Å². The minimum Gasteiger partial charge on any atom is -0.305 e. The van der Waals surface area contributed by atoms with Crippen molar-refractivity contribution in [3.05, 3.63) is 82.0 Å². The van der Waals surface area contributed by atoms with Crippen molar-refractivity contribution >= 4 is 23.3 Å². The average molecular weight is 340 g/mol. The van der Waals surface area contributed by atoms with Crippen LogP contribution in [0.4, 0.5) is 5.82 Å². The molecule has 1 amide bonds. The summed E-state index contributed by atoms with van der Waals surface area (Å²) >= 11 is 5.99. The van der Waals surface area contributed by atoms with Gasteiger partial charge in [-0.3, -0.25) is 9.48 Å². The van der Waals surface area contributed by atoms with E-state index >= 15 is 0 Å². The molecule has 0 radical (unpaired) electrons. The summed E-state index contributed by atoms with van der Waals surface area (Å²) in [6, 6.07) is 15.2. The highest BCUT2D eigenvalue weighted by Gasteiger charge is 2.11. The summed E-state index contributed by atoms with van der Waals surface area (Å²) in [4.78, 5) is 12.4. The molecule has 0 bridgehead atoms. The number of amides is 1. The summed E-state index contributed by atoms with van der Waals surface area (Å²) in [7, 11) is 0. The van der Waals surface area contributed by atoms with Crippen molar-refractivity contribution in [3.63, 3.8) is 0 Å². The highest BCUT2D eigenvalue weighted by Crippen LogP contribution is 2.15. The first-order valence-electron chi connectivity index (χ1n) is 7.68. The molecule has 0 spiro atoms. The lowest BCUT2D eigenvalue weighted by atomic mass is 10.1. The second-order valence-electron chi connectivity index (χ2n) is 5.80. The van der Waals surface area contributed by atoms with Gasteiger partial charge in [0.05, 0.1) is 6.54 Å². The van der Waals surface area contributed by atoms with E-state index in [0.717, 1.165) is 16.7 Å². The van der Waals surface area contributed by atoms with Crippen molar-refractivity contribution in [2.24, 2.45) is 0 Å². The number of anilines is 1. The van der Waals surface area contributed by atoms with Gasteiger partial charge >= 0.3 is 0 Å². The van der Waals surface area contributed by atoms with Crippen LogP contribution in [-0.4, -0.2) is 15.7 Å². The molecule has 0 unspecified atom stereocenters. The van der Waals surface area contributed by atoms with Gasteiger partial charge in [0.15, 0.2) is 5.82 Å². The van der Waals surface area contributed by atoms with Crippen molar-refractivity contribution in [2.75, 3.05) is 5.32 Å². The zero-order valence-electron chi connectivity index (χ0n) is 13.6. The van der Waals surface area contributed by atoms with E-state index in [0.29, 0.717) is 22.9 Å². The fourth-order valence-corrected chi connectivity index (χ4v) is 2.72. The van der Waals surface area contributed by atoms with Gasteiger partial charge < -0.3 is 5.32 Å². The van der Waals surface area contributed by atoms with Crippen LogP contribution in [0.5, 0.6) is 0 Å². The number of halogens is 1. The zero-order valence-corrected chi connectivity index (χ0v) is 14.3. The van der Waals surface area contributed by atoms with Gasteiger partial charge in [-0.2, -0.15) is 5.10 Å². The van der Waals surface area contributed by atoms with Gasteiger partial charge in [0, 0.05) is 22.8 Å². The summed E-state index contributed by atoms with van der Waals surface area (Å²) < 4.78 is 1.77. The van der Waals surface area contributed by atoms with Crippen molar-refractivity contribution in [1.82, 2.24) is 9.78 Å². The lowest BCUT2D eigenvalue weighted by Crippen LogP contribution is -2.14. The number of hydrogen-bond acceptors (Lipinski definition) is 2. The van der Waals surface area contributed by atoms with E-state index in [1.165, 1.54) is 0 Å². The van der Waals surface area contributed by atoms with Crippen LogP contribution in [0, 0.1) is 13.8 Å². The van der Waals surface area contributed by atoms with Crippen LogP contribution >= 0.6 is 11.6 Å². The molecule has 0 saturated heterocycles. The third-order valence-corrected chi connectivity index (χ3v) is 3.99. The number of rotatable bonds is 4. The molecule has 1 heterocycles. The molecule has 0 aliphatic carbocycles. The Kier molecular flexibility index (Phi) is 4.67. The van der Waals surface area contributed by atoms with E-state index < -0.39 is 0 Å². The molecule has 4 nitrogen and oxygen atoms in total. The first kappa shape index (κ1) is 16.3. The Morgan fingerprint density at radius 2 is 2.00 bits per heavy atom. The Morgan fingerprint density at radius 3 is 2.79 bits per heavy atom. The molecule has 0 atom stereocenters. The van der Waals surface area contributed by atoms with Gasteiger partial charge in [-0.05, 0) is 43.2 Å². The lowest BCUT2D eigenvalue weighted by Gasteiger charge is -2.07. The number of aromatic nitrogens is 2. The first-order valence-corrected chi connectivity index (χ1v) is 8.05. The molecular weight excluding hydrogens is 322 g/mol. The zero-order chi connectivity index (χ0) is 17.1. The van der Waals surface area contributed by atoms with Gasteiger partial charge in [-0.15, -0.1) is 0 Å². The van der Waals surface area contributed by atoms with Crippen LogP contribution in [0.1, 0.15) is 27.0 Å². The van der Waals surface area contributed by atoms with Crippen LogP contribution in [0.25, 0.3) is 0 Å². The van der Waals surface area contributed by atoms with Crippen molar-refractivity contribution in [3.8, 4) is 0 Å². The number of benzene rings is 2.